The minimum absolute atomic E-state index is 0.0352. The molecule has 3 aromatic carbocycles. The first-order valence-corrected chi connectivity index (χ1v) is 12.0. The summed E-state index contributed by atoms with van der Waals surface area (Å²) in [5.74, 6) is -1.63. The van der Waals surface area contributed by atoms with Crippen molar-refractivity contribution in [1.82, 2.24) is 4.90 Å². The first kappa shape index (κ1) is 26.1. The average molecular weight is 511 g/mol. The maximum absolute atomic E-state index is 12.7. The van der Waals surface area contributed by atoms with Crippen molar-refractivity contribution in [3.8, 4) is 17.2 Å². The lowest BCUT2D eigenvalue weighted by molar-refractivity contribution is -0.137. The van der Waals surface area contributed by atoms with Crippen LogP contribution < -0.4 is 10.6 Å². The largest absolute Gasteiger partial charge is 0.462 e. The molecular formula is C29H26N4O5. The highest BCUT2D eigenvalue weighted by atomic mass is 16.5. The topological polar surface area (TPSA) is 132 Å². The molecule has 1 aliphatic heterocycles. The van der Waals surface area contributed by atoms with E-state index in [-0.39, 0.29) is 31.0 Å². The van der Waals surface area contributed by atoms with Crippen LogP contribution in [0.25, 0.3) is 11.1 Å². The third-order valence-corrected chi connectivity index (χ3v) is 5.94. The summed E-state index contributed by atoms with van der Waals surface area (Å²) in [6.07, 6.45) is 1.16. The van der Waals surface area contributed by atoms with Crippen LogP contribution in [0.1, 0.15) is 28.4 Å². The minimum atomic E-state index is -0.565. The smallest absolute Gasteiger partial charge is 0.340 e. The molecule has 38 heavy (non-hydrogen) atoms. The van der Waals surface area contributed by atoms with Gasteiger partial charge in [0.1, 0.15) is 5.70 Å². The van der Waals surface area contributed by atoms with Crippen LogP contribution in [0.15, 0.2) is 78.5 Å². The number of β-amino-alcohol motifs (C(OH)–C–C–N with tert-alkyl or cyclic N) is 1. The van der Waals surface area contributed by atoms with Gasteiger partial charge in [-0.15, -0.1) is 0 Å². The van der Waals surface area contributed by atoms with Crippen molar-refractivity contribution in [1.29, 1.82) is 5.26 Å². The molecule has 0 aliphatic carbocycles. The van der Waals surface area contributed by atoms with E-state index in [0.717, 1.165) is 27.7 Å². The Morgan fingerprint density at radius 3 is 2.53 bits per heavy atom. The molecular weight excluding hydrogens is 484 g/mol. The Morgan fingerprint density at radius 1 is 1.05 bits per heavy atom. The van der Waals surface area contributed by atoms with Crippen LogP contribution in [0.2, 0.25) is 0 Å². The molecule has 0 bridgehead atoms. The molecule has 1 heterocycles. The number of hydrogen-bond donors (Lipinski definition) is 3. The first-order valence-electron chi connectivity index (χ1n) is 12.0. The molecule has 0 unspecified atom stereocenters. The van der Waals surface area contributed by atoms with Crippen molar-refractivity contribution < 1.29 is 24.2 Å². The standard InChI is InChI=1S/C29H26N4O5/c1-2-38-29(37)23-8-5-9-24(32-25-16-26(35)33(14-15-34)28(25)36)27(23)31-18-19-10-12-20(13-11-19)22-7-4-3-6-21(22)17-30/h3-13,16,31-32,34H,2,14-15,18H2,1H3. The fraction of sp³-hybridized carbons (Fsp3) is 0.172. The molecule has 4 rings (SSSR count). The van der Waals surface area contributed by atoms with Crippen molar-refractivity contribution in [2.24, 2.45) is 0 Å². The highest BCUT2D eigenvalue weighted by Crippen LogP contribution is 2.31. The van der Waals surface area contributed by atoms with Crippen LogP contribution in [-0.2, 0) is 20.9 Å². The van der Waals surface area contributed by atoms with Crippen molar-refractivity contribution in [3.63, 3.8) is 0 Å². The number of nitrogens with zero attached hydrogens (tertiary/aromatic N) is 2. The summed E-state index contributed by atoms with van der Waals surface area (Å²) in [5, 5.41) is 24.8. The van der Waals surface area contributed by atoms with Crippen LogP contribution in [0.5, 0.6) is 0 Å². The van der Waals surface area contributed by atoms with E-state index in [1.807, 2.05) is 42.5 Å². The van der Waals surface area contributed by atoms with Gasteiger partial charge < -0.3 is 20.5 Å². The Balaban J connectivity index is 1.59. The molecule has 0 fully saturated rings. The quantitative estimate of drug-likeness (QED) is 0.278. The van der Waals surface area contributed by atoms with Gasteiger partial charge in [-0.1, -0.05) is 48.5 Å². The van der Waals surface area contributed by atoms with Gasteiger partial charge in [-0.2, -0.15) is 5.26 Å². The molecule has 0 radical (unpaired) electrons. The van der Waals surface area contributed by atoms with E-state index in [9.17, 15) is 19.6 Å². The van der Waals surface area contributed by atoms with Gasteiger partial charge in [-0.25, -0.2) is 4.79 Å². The summed E-state index contributed by atoms with van der Waals surface area (Å²) in [6.45, 7) is 1.79. The summed E-state index contributed by atoms with van der Waals surface area (Å²) < 4.78 is 5.21. The maximum atomic E-state index is 12.7. The van der Waals surface area contributed by atoms with Gasteiger partial charge in [0.25, 0.3) is 11.8 Å². The van der Waals surface area contributed by atoms with E-state index in [0.29, 0.717) is 23.5 Å². The number of carbonyl (C=O) groups excluding carboxylic acids is 3. The molecule has 9 heteroatoms. The second-order valence-electron chi connectivity index (χ2n) is 8.36. The van der Waals surface area contributed by atoms with Gasteiger partial charge >= 0.3 is 5.97 Å². The van der Waals surface area contributed by atoms with Gasteiger partial charge in [0.2, 0.25) is 0 Å². The van der Waals surface area contributed by atoms with E-state index in [1.54, 1.807) is 31.2 Å². The Kier molecular flexibility index (Phi) is 8.16. The number of aliphatic hydroxyl groups excluding tert-OH is 1. The molecule has 0 aromatic heterocycles. The lowest BCUT2D eigenvalue weighted by atomic mass is 9.99. The Hall–Kier alpha value is -4.94. The molecule has 0 saturated carbocycles. The summed E-state index contributed by atoms with van der Waals surface area (Å²) >= 11 is 0. The maximum Gasteiger partial charge on any atom is 0.340 e. The van der Waals surface area contributed by atoms with Crippen LogP contribution in [0.3, 0.4) is 0 Å². The molecule has 2 amide bonds. The highest BCUT2D eigenvalue weighted by Gasteiger charge is 2.31. The molecule has 192 valence electrons. The first-order chi connectivity index (χ1) is 18.5. The number of nitriles is 1. The van der Waals surface area contributed by atoms with E-state index >= 15 is 0 Å². The minimum Gasteiger partial charge on any atom is -0.462 e. The summed E-state index contributed by atoms with van der Waals surface area (Å²) in [5.41, 5.74) is 4.36. The number of esters is 1. The number of hydrogen-bond acceptors (Lipinski definition) is 8. The fourth-order valence-corrected chi connectivity index (χ4v) is 4.11. The SMILES string of the molecule is CCOC(=O)c1cccc(NC2=CC(=O)N(CCO)C2=O)c1NCc1ccc(-c2ccccc2C#N)cc1. The zero-order valence-electron chi connectivity index (χ0n) is 20.7. The predicted octanol–water partition coefficient (Wildman–Crippen LogP) is 3.67. The number of anilines is 2. The number of para-hydroxylation sites is 1. The number of imide groups is 1. The van der Waals surface area contributed by atoms with E-state index in [4.69, 9.17) is 9.84 Å². The van der Waals surface area contributed by atoms with E-state index < -0.39 is 17.8 Å². The molecule has 3 aromatic rings. The third kappa shape index (κ3) is 5.56. The van der Waals surface area contributed by atoms with E-state index in [2.05, 4.69) is 16.7 Å². The number of aliphatic hydroxyl groups is 1. The van der Waals surface area contributed by atoms with Crippen LogP contribution in [-0.4, -0.2) is 47.5 Å². The van der Waals surface area contributed by atoms with Crippen molar-refractivity contribution in [3.05, 3.63) is 95.2 Å². The van der Waals surface area contributed by atoms with Crippen molar-refractivity contribution in [2.75, 3.05) is 30.4 Å². The second-order valence-corrected chi connectivity index (χ2v) is 8.36. The summed E-state index contributed by atoms with van der Waals surface area (Å²) in [4.78, 5) is 38.5. The Morgan fingerprint density at radius 2 is 1.82 bits per heavy atom. The number of nitrogens with one attached hydrogen (secondary N) is 2. The molecule has 1 aliphatic rings. The molecule has 0 atom stereocenters. The number of ether oxygens (including phenoxy) is 1. The normalized spacial score (nSPS) is 12.7. The van der Waals surface area contributed by atoms with Crippen LogP contribution >= 0.6 is 0 Å². The monoisotopic (exact) mass is 510 g/mol. The van der Waals surface area contributed by atoms with Crippen LogP contribution in [0.4, 0.5) is 11.4 Å². The van der Waals surface area contributed by atoms with E-state index in [1.165, 1.54) is 0 Å². The van der Waals surface area contributed by atoms with Gasteiger partial charge in [0, 0.05) is 12.6 Å². The number of rotatable bonds is 10. The fourth-order valence-electron chi connectivity index (χ4n) is 4.11. The molecule has 0 saturated heterocycles. The van der Waals surface area contributed by atoms with Crippen LogP contribution in [0, 0.1) is 11.3 Å². The lowest BCUT2D eigenvalue weighted by Crippen LogP contribution is -2.34. The second kappa shape index (κ2) is 11.9. The Bertz CT molecular complexity index is 1440. The summed E-state index contributed by atoms with van der Waals surface area (Å²) in [6, 6.07) is 22.2. The number of carbonyl (C=O) groups is 3. The zero-order valence-corrected chi connectivity index (χ0v) is 20.7. The third-order valence-electron chi connectivity index (χ3n) is 5.94. The van der Waals surface area contributed by atoms with Gasteiger partial charge in [0.15, 0.2) is 0 Å². The van der Waals surface area contributed by atoms with Gasteiger partial charge in [-0.3, -0.25) is 14.5 Å². The molecule has 3 N–H and O–H groups in total. The van der Waals surface area contributed by atoms with Gasteiger partial charge in [-0.05, 0) is 41.8 Å². The zero-order chi connectivity index (χ0) is 27.1. The van der Waals surface area contributed by atoms with Crippen molar-refractivity contribution in [2.45, 2.75) is 13.5 Å². The summed E-state index contributed by atoms with van der Waals surface area (Å²) in [7, 11) is 0. The van der Waals surface area contributed by atoms with Gasteiger partial charge in [0.05, 0.1) is 48.3 Å². The van der Waals surface area contributed by atoms with Crippen molar-refractivity contribution >= 4 is 29.2 Å². The number of amides is 2. The number of benzene rings is 3. The lowest BCUT2D eigenvalue weighted by Gasteiger charge is -2.18. The predicted molar refractivity (Wildman–Crippen MR) is 142 cm³/mol. The molecule has 9 nitrogen and oxygen atoms in total. The Labute approximate surface area is 220 Å². The molecule has 0 spiro atoms. The average Bonchev–Trinajstić information content (AvgIpc) is 3.20. The highest BCUT2D eigenvalue weighted by molar-refractivity contribution is 6.17.